The Hall–Kier alpha value is -3.43. The van der Waals surface area contributed by atoms with Gasteiger partial charge >= 0.3 is 0 Å². The third kappa shape index (κ3) is 4.96. The Balaban J connectivity index is 1.52. The van der Waals surface area contributed by atoms with Gasteiger partial charge in [-0.1, -0.05) is 32.0 Å². The average molecular weight is 578 g/mol. The number of aliphatic hydroxyl groups is 1. The SMILES string of the molecule is CCOc1ccc(NC(=O)[C@H]2[C@H]3C(=O)N([C@@H](CO)CC(C)C)C(C(=O)Nc4c(C)cccc4C)C34CC[C@]2(C)O4)cc1. The van der Waals surface area contributed by atoms with E-state index in [1.165, 1.54) is 4.90 Å². The zero-order valence-corrected chi connectivity index (χ0v) is 25.4. The summed E-state index contributed by atoms with van der Waals surface area (Å²) in [4.78, 5) is 44.2. The highest BCUT2D eigenvalue weighted by Crippen LogP contribution is 2.63. The van der Waals surface area contributed by atoms with Crippen LogP contribution in [-0.4, -0.2) is 64.2 Å². The number of rotatable bonds is 10. The van der Waals surface area contributed by atoms with Crippen molar-refractivity contribution in [2.24, 2.45) is 17.8 Å². The van der Waals surface area contributed by atoms with Crippen molar-refractivity contribution in [1.29, 1.82) is 0 Å². The molecule has 3 heterocycles. The highest BCUT2D eigenvalue weighted by molar-refractivity contribution is 6.05. The van der Waals surface area contributed by atoms with Crippen molar-refractivity contribution < 1.29 is 29.0 Å². The molecule has 42 heavy (non-hydrogen) atoms. The predicted molar refractivity (Wildman–Crippen MR) is 160 cm³/mol. The molecule has 3 saturated heterocycles. The molecule has 0 radical (unpaired) electrons. The van der Waals surface area contributed by atoms with Crippen LogP contribution in [0.2, 0.25) is 0 Å². The second-order valence-electron chi connectivity index (χ2n) is 12.6. The van der Waals surface area contributed by atoms with E-state index in [4.69, 9.17) is 9.47 Å². The molecule has 2 unspecified atom stereocenters. The number of hydrogen-bond acceptors (Lipinski definition) is 6. The van der Waals surface area contributed by atoms with E-state index < -0.39 is 35.1 Å². The van der Waals surface area contributed by atoms with Crippen LogP contribution in [0.4, 0.5) is 11.4 Å². The zero-order chi connectivity index (χ0) is 30.4. The number of carbonyl (C=O) groups is 3. The largest absolute Gasteiger partial charge is 0.494 e. The average Bonchev–Trinajstić information content (AvgIpc) is 3.51. The molecule has 2 aromatic carbocycles. The lowest BCUT2D eigenvalue weighted by atomic mass is 9.66. The summed E-state index contributed by atoms with van der Waals surface area (Å²) in [7, 11) is 0. The Morgan fingerprint density at radius 2 is 1.74 bits per heavy atom. The van der Waals surface area contributed by atoms with Crippen LogP contribution in [-0.2, 0) is 19.1 Å². The molecule has 3 N–H and O–H groups in total. The number of nitrogens with zero attached hydrogens (tertiary/aromatic N) is 1. The van der Waals surface area contributed by atoms with Gasteiger partial charge in [-0.05, 0) is 88.3 Å². The van der Waals surface area contributed by atoms with Crippen molar-refractivity contribution in [1.82, 2.24) is 4.90 Å². The minimum absolute atomic E-state index is 0.170. The van der Waals surface area contributed by atoms with Crippen molar-refractivity contribution >= 4 is 29.1 Å². The van der Waals surface area contributed by atoms with Crippen LogP contribution in [0.25, 0.3) is 0 Å². The molecule has 3 amide bonds. The molecular weight excluding hydrogens is 534 g/mol. The van der Waals surface area contributed by atoms with Crippen molar-refractivity contribution in [2.75, 3.05) is 23.8 Å². The lowest BCUT2D eigenvalue weighted by Gasteiger charge is -2.37. The first-order chi connectivity index (χ1) is 20.0. The number of likely N-dealkylation sites (tertiary alicyclic amines) is 1. The van der Waals surface area contributed by atoms with Gasteiger partial charge in [0, 0.05) is 11.4 Å². The van der Waals surface area contributed by atoms with E-state index >= 15 is 0 Å². The van der Waals surface area contributed by atoms with Gasteiger partial charge in [-0.25, -0.2) is 0 Å². The monoisotopic (exact) mass is 577 g/mol. The summed E-state index contributed by atoms with van der Waals surface area (Å²) >= 11 is 0. The summed E-state index contributed by atoms with van der Waals surface area (Å²) < 4.78 is 12.3. The Morgan fingerprint density at radius 3 is 2.33 bits per heavy atom. The molecule has 1 spiro atoms. The number of amides is 3. The van der Waals surface area contributed by atoms with Crippen molar-refractivity contribution in [3.8, 4) is 5.75 Å². The third-order valence-electron chi connectivity index (χ3n) is 9.26. The van der Waals surface area contributed by atoms with E-state index in [0.29, 0.717) is 43.0 Å². The number of anilines is 2. The van der Waals surface area contributed by atoms with Crippen LogP contribution in [0, 0.1) is 31.6 Å². The van der Waals surface area contributed by atoms with Crippen LogP contribution < -0.4 is 15.4 Å². The van der Waals surface area contributed by atoms with E-state index in [-0.39, 0.29) is 30.2 Å². The van der Waals surface area contributed by atoms with Gasteiger partial charge in [0.1, 0.15) is 17.4 Å². The Kier molecular flexibility index (Phi) is 8.11. The van der Waals surface area contributed by atoms with Gasteiger partial charge in [0.25, 0.3) is 0 Å². The molecule has 3 fully saturated rings. The Bertz CT molecular complexity index is 1340. The van der Waals surface area contributed by atoms with E-state index in [1.54, 1.807) is 24.3 Å². The topological polar surface area (TPSA) is 117 Å². The van der Waals surface area contributed by atoms with Gasteiger partial charge in [0.05, 0.1) is 36.7 Å². The highest BCUT2D eigenvalue weighted by atomic mass is 16.5. The summed E-state index contributed by atoms with van der Waals surface area (Å²) in [6.07, 6.45) is 1.51. The van der Waals surface area contributed by atoms with Crippen LogP contribution in [0.1, 0.15) is 58.1 Å². The molecule has 0 saturated carbocycles. The van der Waals surface area contributed by atoms with Gasteiger partial charge in [0.2, 0.25) is 17.7 Å². The van der Waals surface area contributed by atoms with Gasteiger partial charge in [-0.15, -0.1) is 0 Å². The van der Waals surface area contributed by atoms with E-state index in [1.807, 2.05) is 59.7 Å². The molecule has 2 bridgehead atoms. The molecule has 226 valence electrons. The number of hydrogen-bond donors (Lipinski definition) is 3. The van der Waals surface area contributed by atoms with Gasteiger partial charge in [-0.2, -0.15) is 0 Å². The molecule has 5 rings (SSSR count). The first kappa shape index (κ1) is 30.0. The minimum atomic E-state index is -1.18. The number of nitrogens with one attached hydrogen (secondary N) is 2. The summed E-state index contributed by atoms with van der Waals surface area (Å²) in [5, 5.41) is 16.6. The van der Waals surface area contributed by atoms with Crippen molar-refractivity contribution in [2.45, 2.75) is 84.1 Å². The number of para-hydroxylation sites is 1. The van der Waals surface area contributed by atoms with Crippen LogP contribution in [0.5, 0.6) is 5.75 Å². The fraction of sp³-hybridized carbons (Fsp3) is 0.545. The highest BCUT2D eigenvalue weighted by Gasteiger charge is 2.78. The number of benzene rings is 2. The lowest BCUT2D eigenvalue weighted by Crippen LogP contribution is -2.56. The second kappa shape index (κ2) is 11.3. The van der Waals surface area contributed by atoms with Crippen molar-refractivity contribution in [3.05, 3.63) is 53.6 Å². The minimum Gasteiger partial charge on any atom is -0.494 e. The number of fused-ring (bicyclic) bond motifs is 1. The molecule has 0 aliphatic carbocycles. The molecule has 9 heteroatoms. The van der Waals surface area contributed by atoms with E-state index in [0.717, 1.165) is 11.1 Å². The third-order valence-corrected chi connectivity index (χ3v) is 9.26. The van der Waals surface area contributed by atoms with Gasteiger partial charge in [-0.3, -0.25) is 14.4 Å². The first-order valence-corrected chi connectivity index (χ1v) is 15.0. The number of aryl methyl sites for hydroxylation is 2. The molecule has 9 nitrogen and oxygen atoms in total. The van der Waals surface area contributed by atoms with E-state index in [2.05, 4.69) is 10.6 Å². The maximum absolute atomic E-state index is 14.4. The Morgan fingerprint density at radius 1 is 1.07 bits per heavy atom. The van der Waals surface area contributed by atoms with E-state index in [9.17, 15) is 19.5 Å². The molecular formula is C33H43N3O6. The molecule has 2 aromatic rings. The number of ether oxygens (including phenoxy) is 2. The normalized spacial score (nSPS) is 28.6. The van der Waals surface area contributed by atoms with Crippen LogP contribution >= 0.6 is 0 Å². The number of carbonyl (C=O) groups excluding carboxylic acids is 3. The maximum Gasteiger partial charge on any atom is 0.250 e. The lowest BCUT2D eigenvalue weighted by molar-refractivity contribution is -0.147. The zero-order valence-electron chi connectivity index (χ0n) is 25.4. The number of aliphatic hydroxyl groups excluding tert-OH is 1. The van der Waals surface area contributed by atoms with Crippen LogP contribution in [0.3, 0.4) is 0 Å². The maximum atomic E-state index is 14.4. The van der Waals surface area contributed by atoms with Crippen molar-refractivity contribution in [3.63, 3.8) is 0 Å². The summed E-state index contributed by atoms with van der Waals surface area (Å²) in [6, 6.07) is 11.3. The fourth-order valence-corrected chi connectivity index (χ4v) is 7.50. The van der Waals surface area contributed by atoms with Gasteiger partial charge < -0.3 is 30.1 Å². The Labute approximate surface area is 248 Å². The van der Waals surface area contributed by atoms with Crippen LogP contribution in [0.15, 0.2) is 42.5 Å². The molecule has 3 aliphatic rings. The quantitative estimate of drug-likeness (QED) is 0.384. The summed E-state index contributed by atoms with van der Waals surface area (Å²) in [6.45, 7) is 11.9. The standard InChI is InChI=1S/C33H43N3O6/c1-7-41-24-13-11-22(12-14-24)34-29(38)25-26-31(40)36(23(18-37)17-19(2)3)28(33(26)16-15-32(25,6)42-33)30(39)35-27-20(4)9-8-10-21(27)5/h8-14,19,23,25-26,28,37H,7,15-18H2,1-6H3,(H,34,38)(H,35,39)/t23-,25-,26+,28?,32+,33?/m1/s1. The second-order valence-corrected chi connectivity index (χ2v) is 12.6. The summed E-state index contributed by atoms with van der Waals surface area (Å²) in [5.74, 6) is -1.78. The van der Waals surface area contributed by atoms with Gasteiger partial charge in [0.15, 0.2) is 0 Å². The molecule has 3 aliphatic heterocycles. The smallest absolute Gasteiger partial charge is 0.250 e. The summed E-state index contributed by atoms with van der Waals surface area (Å²) in [5.41, 5.74) is 1.01. The fourth-order valence-electron chi connectivity index (χ4n) is 7.50. The predicted octanol–water partition coefficient (Wildman–Crippen LogP) is 4.45. The first-order valence-electron chi connectivity index (χ1n) is 15.0. The molecule has 6 atom stereocenters. The molecule has 0 aromatic heterocycles.